The molecule has 1 rings (SSSR count). The van der Waals surface area contributed by atoms with Crippen molar-refractivity contribution in [3.8, 4) is 5.75 Å². The van der Waals surface area contributed by atoms with Crippen LogP contribution in [-0.4, -0.2) is 4.98 Å². The summed E-state index contributed by atoms with van der Waals surface area (Å²) in [5, 5.41) is 10.6. The van der Waals surface area contributed by atoms with Gasteiger partial charge in [0.15, 0.2) is 5.75 Å². The van der Waals surface area contributed by atoms with Crippen molar-refractivity contribution in [1.29, 1.82) is 0 Å². The topological polar surface area (TPSA) is 32.8 Å². The van der Waals surface area contributed by atoms with Gasteiger partial charge in [0.1, 0.15) is 5.02 Å². The minimum absolute atomic E-state index is 0.174. The highest BCUT2D eigenvalue weighted by Crippen LogP contribution is 2.19. The summed E-state index contributed by atoms with van der Waals surface area (Å²) in [5.41, 5.74) is 0. The lowest BCUT2D eigenvalue weighted by Gasteiger charge is -1.85. The van der Waals surface area contributed by atoms with Crippen molar-refractivity contribution in [1.82, 2.24) is 4.98 Å². The fourth-order valence-corrected chi connectivity index (χ4v) is 0.482. The molecule has 0 aliphatic carbocycles. The van der Waals surface area contributed by atoms with E-state index in [2.05, 4.69) is 4.98 Å². The zero-order valence-corrected chi connectivity index (χ0v) is 4.72. The summed E-state index contributed by atoms with van der Waals surface area (Å²) in [5.74, 6) is -0.179. The maximum atomic E-state index is 10.4. The molecule has 41 valence electrons. The molecular weight excluding hydrogens is 126 g/mol. The van der Waals surface area contributed by atoms with Gasteiger partial charge in [-0.25, -0.2) is 0 Å². The van der Waals surface area contributed by atoms with Crippen molar-refractivity contribution >= 4 is 11.6 Å². The van der Waals surface area contributed by atoms with Gasteiger partial charge in [0.2, 0.25) is 0 Å². The molecule has 8 heavy (non-hydrogen) atoms. The predicted molar refractivity (Wildman–Crippen MR) is 29.4 cm³/mol. The zero-order chi connectivity index (χ0) is 5.98. The normalized spacial score (nSPS) is 9.12. The van der Waals surface area contributed by atoms with Crippen molar-refractivity contribution in [2.24, 2.45) is 0 Å². The van der Waals surface area contributed by atoms with E-state index < -0.39 is 0 Å². The number of hydrogen-bond donors (Lipinski definition) is 0. The molecule has 0 bridgehead atoms. The summed E-state index contributed by atoms with van der Waals surface area (Å²) >= 11 is 5.33. The third kappa shape index (κ3) is 0.898. The molecule has 0 aliphatic rings. The van der Waals surface area contributed by atoms with Crippen LogP contribution in [0.5, 0.6) is 5.75 Å². The smallest absolute Gasteiger partial charge is 0.200 e. The largest absolute Gasteiger partial charge is 0.288 e. The van der Waals surface area contributed by atoms with E-state index in [1.807, 2.05) is 0 Å². The summed E-state index contributed by atoms with van der Waals surface area (Å²) in [7, 11) is 0. The van der Waals surface area contributed by atoms with Gasteiger partial charge in [-0.15, -0.1) is 0 Å². The maximum Gasteiger partial charge on any atom is 0.200 e. The molecule has 0 fully saturated rings. The van der Waals surface area contributed by atoms with Gasteiger partial charge in [0, 0.05) is 18.5 Å². The summed E-state index contributed by atoms with van der Waals surface area (Å²) < 4.78 is 0. The molecule has 0 aliphatic heterocycles. The third-order valence-electron chi connectivity index (χ3n) is 0.735. The molecule has 1 radical (unpaired) electrons. The molecule has 0 saturated carbocycles. The minimum atomic E-state index is -0.179. The number of hydrogen-bond acceptors (Lipinski definition) is 1. The van der Waals surface area contributed by atoms with Gasteiger partial charge in [-0.1, -0.05) is 11.6 Å². The Labute approximate surface area is 51.7 Å². The standard InChI is InChI=1S/C5H3ClNO/c6-4-3-7-2-1-5(4)8/h1-3H. The zero-order valence-electron chi connectivity index (χ0n) is 3.97. The Morgan fingerprint density at radius 2 is 2.38 bits per heavy atom. The van der Waals surface area contributed by atoms with Crippen molar-refractivity contribution in [2.45, 2.75) is 0 Å². The minimum Gasteiger partial charge on any atom is -0.288 e. The molecule has 3 heteroatoms. The molecule has 0 saturated heterocycles. The molecule has 0 amide bonds. The van der Waals surface area contributed by atoms with Crippen molar-refractivity contribution in [3.63, 3.8) is 0 Å². The van der Waals surface area contributed by atoms with E-state index in [0.29, 0.717) is 0 Å². The van der Waals surface area contributed by atoms with Crippen molar-refractivity contribution in [2.75, 3.05) is 0 Å². The Hall–Kier alpha value is -0.760. The molecule has 1 aromatic rings. The highest BCUT2D eigenvalue weighted by Gasteiger charge is 1.94. The Morgan fingerprint density at radius 3 is 2.75 bits per heavy atom. The van der Waals surface area contributed by atoms with E-state index in [1.165, 1.54) is 18.5 Å². The first-order valence-corrected chi connectivity index (χ1v) is 2.45. The molecule has 0 spiro atoms. The van der Waals surface area contributed by atoms with Crippen molar-refractivity contribution in [3.05, 3.63) is 23.5 Å². The number of pyridine rings is 1. The second kappa shape index (κ2) is 2.01. The number of halogens is 1. The van der Waals surface area contributed by atoms with Crippen LogP contribution in [0.1, 0.15) is 0 Å². The van der Waals surface area contributed by atoms with Crippen LogP contribution in [0.4, 0.5) is 0 Å². The molecule has 0 atom stereocenters. The first-order valence-electron chi connectivity index (χ1n) is 2.07. The van der Waals surface area contributed by atoms with Gasteiger partial charge in [0.25, 0.3) is 0 Å². The van der Waals surface area contributed by atoms with E-state index in [0.717, 1.165) is 0 Å². The fraction of sp³-hybridized carbons (Fsp3) is 0. The van der Waals surface area contributed by atoms with Gasteiger partial charge in [0.05, 0.1) is 0 Å². The summed E-state index contributed by atoms with van der Waals surface area (Å²) in [4.78, 5) is 3.61. The summed E-state index contributed by atoms with van der Waals surface area (Å²) in [6, 6.07) is 1.32. The van der Waals surface area contributed by atoms with Gasteiger partial charge in [-0.3, -0.25) is 10.1 Å². The van der Waals surface area contributed by atoms with Crippen LogP contribution in [0.3, 0.4) is 0 Å². The third-order valence-corrected chi connectivity index (χ3v) is 1.02. The molecule has 1 aromatic heterocycles. The quantitative estimate of drug-likeness (QED) is 0.525. The van der Waals surface area contributed by atoms with Gasteiger partial charge >= 0.3 is 0 Å². The van der Waals surface area contributed by atoms with Crippen LogP contribution in [0, 0.1) is 0 Å². The van der Waals surface area contributed by atoms with E-state index in [-0.39, 0.29) is 10.8 Å². The highest BCUT2D eigenvalue weighted by atomic mass is 35.5. The molecule has 0 N–H and O–H groups in total. The van der Waals surface area contributed by atoms with Crippen LogP contribution in [0.25, 0.3) is 0 Å². The van der Waals surface area contributed by atoms with Crippen LogP contribution in [0.15, 0.2) is 18.5 Å². The lowest BCUT2D eigenvalue weighted by atomic mass is 10.5. The van der Waals surface area contributed by atoms with E-state index >= 15 is 0 Å². The van der Waals surface area contributed by atoms with Crippen LogP contribution in [0.2, 0.25) is 5.02 Å². The first kappa shape index (κ1) is 5.38. The average molecular weight is 129 g/mol. The Kier molecular flexibility index (Phi) is 1.35. The van der Waals surface area contributed by atoms with Crippen LogP contribution < -0.4 is 0 Å². The predicted octanol–water partition coefficient (Wildman–Crippen LogP) is 1.88. The molecular formula is C5H3ClNO. The maximum absolute atomic E-state index is 10.4. The molecule has 1 heterocycles. The van der Waals surface area contributed by atoms with E-state index in [1.54, 1.807) is 0 Å². The lowest BCUT2D eigenvalue weighted by molar-refractivity contribution is 0.354. The molecule has 2 nitrogen and oxygen atoms in total. The highest BCUT2D eigenvalue weighted by molar-refractivity contribution is 6.31. The second-order valence-electron chi connectivity index (χ2n) is 1.31. The van der Waals surface area contributed by atoms with Crippen molar-refractivity contribution < 1.29 is 5.11 Å². The number of aromatic nitrogens is 1. The monoisotopic (exact) mass is 128 g/mol. The summed E-state index contributed by atoms with van der Waals surface area (Å²) in [6.07, 6.45) is 2.73. The van der Waals surface area contributed by atoms with Gasteiger partial charge in [-0.05, 0) is 0 Å². The average Bonchev–Trinajstić information content (AvgIpc) is 1.77. The number of nitrogens with zero attached hydrogens (tertiary/aromatic N) is 1. The number of rotatable bonds is 0. The SMILES string of the molecule is [O]c1ccncc1Cl. The Morgan fingerprint density at radius 1 is 1.62 bits per heavy atom. The van der Waals surface area contributed by atoms with Crippen LogP contribution in [-0.2, 0) is 5.11 Å². The molecule has 0 unspecified atom stereocenters. The summed E-state index contributed by atoms with van der Waals surface area (Å²) in [6.45, 7) is 0. The van der Waals surface area contributed by atoms with Gasteiger partial charge < -0.3 is 0 Å². The second-order valence-corrected chi connectivity index (χ2v) is 1.71. The first-order chi connectivity index (χ1) is 3.80. The molecule has 0 aromatic carbocycles. The fourth-order valence-electron chi connectivity index (χ4n) is 0.362. The Bertz CT molecular complexity index is 169. The van der Waals surface area contributed by atoms with Gasteiger partial charge in [-0.2, -0.15) is 0 Å². The lowest BCUT2D eigenvalue weighted by Crippen LogP contribution is -1.67. The Balaban J connectivity index is 3.13. The van der Waals surface area contributed by atoms with Crippen LogP contribution >= 0.6 is 11.6 Å². The van der Waals surface area contributed by atoms with E-state index in [4.69, 9.17) is 11.6 Å². The van der Waals surface area contributed by atoms with E-state index in [9.17, 15) is 5.11 Å².